The third-order valence-corrected chi connectivity index (χ3v) is 5.74. The lowest BCUT2D eigenvalue weighted by molar-refractivity contribution is 0.146. The van der Waals surface area contributed by atoms with Gasteiger partial charge in [0.2, 0.25) is 0 Å². The Morgan fingerprint density at radius 1 is 1.23 bits per heavy atom. The fourth-order valence-corrected chi connectivity index (χ4v) is 4.19. The molecule has 1 aromatic heterocycles. The van der Waals surface area contributed by atoms with Gasteiger partial charge in [0.25, 0.3) is 6.43 Å². The Hall–Kier alpha value is -2.55. The Morgan fingerprint density at radius 3 is 2.70 bits per heavy atom. The number of benzene rings is 2. The summed E-state index contributed by atoms with van der Waals surface area (Å²) in [6.07, 6.45) is -2.88. The first kappa shape index (κ1) is 20.7. The second kappa shape index (κ2) is 7.94. The predicted octanol–water partition coefficient (Wildman–Crippen LogP) is 5.78. The number of fused-ring (bicyclic) bond motifs is 3. The normalized spacial score (nSPS) is 14.6. The smallest absolute Gasteiger partial charge is 0.266 e. The molecule has 0 aliphatic carbocycles. The van der Waals surface area contributed by atoms with Crippen LogP contribution in [0.5, 0.6) is 5.75 Å². The van der Waals surface area contributed by atoms with Gasteiger partial charge in [-0.2, -0.15) is 0 Å². The predicted molar refractivity (Wildman–Crippen MR) is 114 cm³/mol. The fourth-order valence-electron chi connectivity index (χ4n) is 3.66. The lowest BCUT2D eigenvalue weighted by Crippen LogP contribution is -2.29. The van der Waals surface area contributed by atoms with Gasteiger partial charge >= 0.3 is 0 Å². The molecule has 0 saturated heterocycles. The number of aromatic nitrogens is 2. The highest BCUT2D eigenvalue weighted by Crippen LogP contribution is 2.44. The molecule has 1 aliphatic heterocycles. The van der Waals surface area contributed by atoms with Gasteiger partial charge in [0.05, 0.1) is 22.6 Å². The van der Waals surface area contributed by atoms with E-state index < -0.39 is 23.8 Å². The van der Waals surface area contributed by atoms with Crippen LogP contribution in [-0.2, 0) is 0 Å². The maximum absolute atomic E-state index is 14.6. The van der Waals surface area contributed by atoms with Crippen molar-refractivity contribution in [2.45, 2.75) is 26.3 Å². The number of hydrogen-bond acceptors (Lipinski definition) is 5. The molecule has 0 spiro atoms. The van der Waals surface area contributed by atoms with E-state index in [1.807, 2.05) is 13.1 Å². The second-order valence-corrected chi connectivity index (χ2v) is 8.09. The van der Waals surface area contributed by atoms with Gasteiger partial charge in [-0.3, -0.25) is 0 Å². The number of anilines is 2. The van der Waals surface area contributed by atoms with Crippen molar-refractivity contribution < 1.29 is 17.9 Å². The molecule has 9 heteroatoms. The molecule has 0 radical (unpaired) electrons. The van der Waals surface area contributed by atoms with Gasteiger partial charge in [-0.15, -0.1) is 0 Å². The molecule has 2 aromatic carbocycles. The summed E-state index contributed by atoms with van der Waals surface area (Å²) in [4.78, 5) is 11.2. The zero-order chi connectivity index (χ0) is 21.6. The van der Waals surface area contributed by atoms with Gasteiger partial charge < -0.3 is 15.0 Å². The Bertz CT molecular complexity index is 1130. The number of rotatable bonds is 4. The van der Waals surface area contributed by atoms with E-state index in [1.54, 1.807) is 13.8 Å². The molecule has 0 bridgehead atoms. The van der Waals surface area contributed by atoms with Crippen molar-refractivity contribution in [1.29, 1.82) is 0 Å². The largest absolute Gasteiger partial charge is 0.488 e. The van der Waals surface area contributed by atoms with Crippen LogP contribution in [-0.4, -0.2) is 30.2 Å². The van der Waals surface area contributed by atoms with E-state index >= 15 is 0 Å². The highest BCUT2D eigenvalue weighted by atomic mass is 79.9. The molecule has 4 rings (SSSR count). The molecule has 5 nitrogen and oxygen atoms in total. The summed E-state index contributed by atoms with van der Waals surface area (Å²) < 4.78 is 47.4. The van der Waals surface area contributed by atoms with Crippen LogP contribution >= 0.6 is 15.9 Å². The standard InChI is InChI=1S/C21H20BrF3N4O/c1-10(12-5-4-6-13(16(12)23)20(24)25)26-21-14-9-15(22)19-18(29(3)7-8-30-19)17(14)27-11(2)28-21/h4-6,9-10,20H,7-8H2,1-3H3,(H,26,27,28)/t10-/m1/s1. The molecule has 158 valence electrons. The average molecular weight is 481 g/mol. The molecular weight excluding hydrogens is 461 g/mol. The second-order valence-electron chi connectivity index (χ2n) is 7.24. The summed E-state index contributed by atoms with van der Waals surface area (Å²) >= 11 is 3.55. The van der Waals surface area contributed by atoms with Crippen LogP contribution in [0, 0.1) is 12.7 Å². The van der Waals surface area contributed by atoms with E-state index in [0.717, 1.165) is 21.6 Å². The maximum atomic E-state index is 14.6. The average Bonchev–Trinajstić information content (AvgIpc) is 2.69. The summed E-state index contributed by atoms with van der Waals surface area (Å²) in [6.45, 7) is 4.76. The molecule has 1 atom stereocenters. The third kappa shape index (κ3) is 3.55. The fraction of sp³-hybridized carbons (Fsp3) is 0.333. The lowest BCUT2D eigenvalue weighted by Gasteiger charge is -2.30. The third-order valence-electron chi connectivity index (χ3n) is 5.15. The van der Waals surface area contributed by atoms with Gasteiger partial charge in [-0.05, 0) is 35.8 Å². The number of nitrogens with one attached hydrogen (secondary N) is 1. The van der Waals surface area contributed by atoms with Crippen LogP contribution in [0.25, 0.3) is 10.9 Å². The molecule has 3 aromatic rings. The Balaban J connectivity index is 1.82. The quantitative estimate of drug-likeness (QED) is 0.512. The molecule has 0 fully saturated rings. The number of ether oxygens (including phenoxy) is 1. The first-order chi connectivity index (χ1) is 14.3. The number of aryl methyl sites for hydroxylation is 1. The molecule has 2 heterocycles. The highest BCUT2D eigenvalue weighted by Gasteiger charge is 2.25. The van der Waals surface area contributed by atoms with Gasteiger partial charge in [-0.25, -0.2) is 23.1 Å². The molecular formula is C21H20BrF3N4O. The van der Waals surface area contributed by atoms with Gasteiger partial charge in [0.1, 0.15) is 35.3 Å². The minimum absolute atomic E-state index is 0.148. The number of halogens is 4. The minimum Gasteiger partial charge on any atom is -0.488 e. The van der Waals surface area contributed by atoms with Gasteiger partial charge in [0.15, 0.2) is 5.75 Å². The Kier molecular flexibility index (Phi) is 5.48. The van der Waals surface area contributed by atoms with Crippen LogP contribution in [0.1, 0.15) is 36.3 Å². The van der Waals surface area contributed by atoms with Crippen LogP contribution in [0.2, 0.25) is 0 Å². The van der Waals surface area contributed by atoms with Crippen molar-refractivity contribution in [3.05, 3.63) is 51.5 Å². The monoisotopic (exact) mass is 480 g/mol. The summed E-state index contributed by atoms with van der Waals surface area (Å²) in [5.41, 5.74) is 1.09. The number of likely N-dealkylation sites (N-methyl/N-ethyl adjacent to an activating group) is 1. The molecule has 0 saturated carbocycles. The van der Waals surface area contributed by atoms with Crippen molar-refractivity contribution in [3.63, 3.8) is 0 Å². The van der Waals surface area contributed by atoms with Crippen molar-refractivity contribution >= 4 is 38.3 Å². The van der Waals surface area contributed by atoms with Crippen molar-refractivity contribution in [2.75, 3.05) is 30.4 Å². The topological polar surface area (TPSA) is 50.3 Å². The highest BCUT2D eigenvalue weighted by molar-refractivity contribution is 9.10. The van der Waals surface area contributed by atoms with E-state index in [-0.39, 0.29) is 5.56 Å². The zero-order valence-electron chi connectivity index (χ0n) is 16.6. The van der Waals surface area contributed by atoms with E-state index in [2.05, 4.69) is 36.1 Å². The van der Waals surface area contributed by atoms with E-state index in [1.165, 1.54) is 12.1 Å². The van der Waals surface area contributed by atoms with Crippen molar-refractivity contribution in [3.8, 4) is 5.75 Å². The van der Waals surface area contributed by atoms with Gasteiger partial charge in [0, 0.05) is 18.0 Å². The van der Waals surface area contributed by atoms with Crippen molar-refractivity contribution in [1.82, 2.24) is 9.97 Å². The van der Waals surface area contributed by atoms with Crippen LogP contribution in [0.3, 0.4) is 0 Å². The molecule has 0 unspecified atom stereocenters. The molecule has 30 heavy (non-hydrogen) atoms. The van der Waals surface area contributed by atoms with E-state index in [4.69, 9.17) is 4.74 Å². The summed E-state index contributed by atoms with van der Waals surface area (Å²) in [5, 5.41) is 3.90. The lowest BCUT2D eigenvalue weighted by atomic mass is 10.0. The van der Waals surface area contributed by atoms with Crippen LogP contribution in [0.15, 0.2) is 28.7 Å². The number of hydrogen-bond donors (Lipinski definition) is 1. The van der Waals surface area contributed by atoms with E-state index in [0.29, 0.717) is 36.1 Å². The van der Waals surface area contributed by atoms with Crippen LogP contribution < -0.4 is 15.0 Å². The van der Waals surface area contributed by atoms with Gasteiger partial charge in [-0.1, -0.05) is 18.2 Å². The Morgan fingerprint density at radius 2 is 1.97 bits per heavy atom. The van der Waals surface area contributed by atoms with Crippen molar-refractivity contribution in [2.24, 2.45) is 0 Å². The summed E-state index contributed by atoms with van der Waals surface area (Å²) in [7, 11) is 1.96. The Labute approximate surface area is 180 Å². The SMILES string of the molecule is Cc1nc(N[C@H](C)c2cccc(C(F)F)c2F)c2cc(Br)c3c(c2n1)N(C)CCO3. The first-order valence-electron chi connectivity index (χ1n) is 9.45. The first-order valence-corrected chi connectivity index (χ1v) is 10.2. The summed E-state index contributed by atoms with van der Waals surface area (Å²) in [5.74, 6) is 0.829. The summed E-state index contributed by atoms with van der Waals surface area (Å²) in [6, 6.07) is 5.29. The molecule has 1 N–H and O–H groups in total. The number of nitrogens with zero attached hydrogens (tertiary/aromatic N) is 3. The van der Waals surface area contributed by atoms with E-state index in [9.17, 15) is 13.2 Å². The van der Waals surface area contributed by atoms with Crippen LogP contribution in [0.4, 0.5) is 24.7 Å². The molecule has 1 aliphatic rings. The number of alkyl halides is 2. The zero-order valence-corrected chi connectivity index (χ0v) is 18.2. The minimum atomic E-state index is -2.88. The maximum Gasteiger partial charge on any atom is 0.266 e. The molecule has 0 amide bonds.